The summed E-state index contributed by atoms with van der Waals surface area (Å²) in [7, 11) is 1.64. The van der Waals surface area contributed by atoms with Crippen LogP contribution < -0.4 is 4.74 Å². The third kappa shape index (κ3) is 5.64. The van der Waals surface area contributed by atoms with E-state index in [1.807, 2.05) is 24.3 Å². The van der Waals surface area contributed by atoms with Crippen LogP contribution in [0.3, 0.4) is 0 Å². The molecule has 0 amide bonds. The number of methoxy groups -OCH3 is 1. The van der Waals surface area contributed by atoms with E-state index in [0.29, 0.717) is 6.61 Å². The third-order valence-electron chi connectivity index (χ3n) is 4.40. The number of ether oxygens (including phenoxy) is 3. The highest BCUT2D eigenvalue weighted by atomic mass is 16.7. The molecule has 1 aliphatic rings. The van der Waals surface area contributed by atoms with Gasteiger partial charge in [-0.05, 0) is 37.0 Å². The summed E-state index contributed by atoms with van der Waals surface area (Å²) in [5, 5.41) is 38.4. The summed E-state index contributed by atoms with van der Waals surface area (Å²) in [5.74, 6) is 0.844. The van der Waals surface area contributed by atoms with Crippen LogP contribution in [0.15, 0.2) is 24.3 Å². The summed E-state index contributed by atoms with van der Waals surface area (Å²) in [5.41, 5.74) is 1.25. The maximum Gasteiger partial charge on any atom is 0.186 e. The average molecular weight is 356 g/mol. The molecule has 7 heteroatoms. The zero-order valence-electron chi connectivity index (χ0n) is 14.5. The lowest BCUT2D eigenvalue weighted by atomic mass is 9.99. The van der Waals surface area contributed by atoms with Crippen molar-refractivity contribution in [2.75, 3.05) is 20.3 Å². The quantitative estimate of drug-likeness (QED) is 0.469. The van der Waals surface area contributed by atoms with Crippen LogP contribution in [0, 0.1) is 0 Å². The van der Waals surface area contributed by atoms with E-state index >= 15 is 0 Å². The van der Waals surface area contributed by atoms with Gasteiger partial charge in [0.05, 0.1) is 13.7 Å². The van der Waals surface area contributed by atoms with Crippen LogP contribution in [-0.4, -0.2) is 71.5 Å². The predicted molar refractivity (Wildman–Crippen MR) is 90.3 cm³/mol. The van der Waals surface area contributed by atoms with Gasteiger partial charge in [-0.2, -0.15) is 0 Å². The van der Waals surface area contributed by atoms with Crippen molar-refractivity contribution in [1.82, 2.24) is 0 Å². The topological polar surface area (TPSA) is 109 Å². The van der Waals surface area contributed by atoms with E-state index in [1.165, 1.54) is 5.56 Å². The molecule has 0 spiro atoms. The van der Waals surface area contributed by atoms with Gasteiger partial charge in [-0.15, -0.1) is 0 Å². The molecule has 1 heterocycles. The van der Waals surface area contributed by atoms with Crippen LogP contribution >= 0.6 is 0 Å². The molecule has 1 aromatic carbocycles. The van der Waals surface area contributed by atoms with Crippen molar-refractivity contribution in [2.45, 2.75) is 56.4 Å². The number of hydrogen-bond acceptors (Lipinski definition) is 7. The highest BCUT2D eigenvalue weighted by Crippen LogP contribution is 2.22. The van der Waals surface area contributed by atoms with Gasteiger partial charge < -0.3 is 34.6 Å². The number of aliphatic hydroxyl groups excluding tert-OH is 4. The van der Waals surface area contributed by atoms with Crippen LogP contribution in [0.5, 0.6) is 5.75 Å². The first-order valence-electron chi connectivity index (χ1n) is 8.62. The Bertz CT molecular complexity index is 491. The molecule has 0 aliphatic carbocycles. The van der Waals surface area contributed by atoms with E-state index < -0.39 is 37.3 Å². The predicted octanol–water partition coefficient (Wildman–Crippen LogP) is 0.224. The van der Waals surface area contributed by atoms with Crippen LogP contribution in [0.25, 0.3) is 0 Å². The molecule has 0 aromatic heterocycles. The average Bonchev–Trinajstić information content (AvgIpc) is 2.64. The van der Waals surface area contributed by atoms with Crippen molar-refractivity contribution in [1.29, 1.82) is 0 Å². The van der Waals surface area contributed by atoms with Crippen molar-refractivity contribution >= 4 is 0 Å². The fourth-order valence-electron chi connectivity index (χ4n) is 2.80. The zero-order valence-corrected chi connectivity index (χ0v) is 14.5. The SMILES string of the molecule is COc1ccc(CCCCCO[C@@H]2O[C@H](CO)[C@@H](O)[C@H](O)[C@H]2O)cc1. The molecular weight excluding hydrogens is 328 g/mol. The Morgan fingerprint density at radius 2 is 1.68 bits per heavy atom. The van der Waals surface area contributed by atoms with Gasteiger partial charge in [-0.1, -0.05) is 18.6 Å². The molecule has 1 aliphatic heterocycles. The Hall–Kier alpha value is -1.22. The number of benzene rings is 1. The summed E-state index contributed by atoms with van der Waals surface area (Å²) < 4.78 is 15.9. The van der Waals surface area contributed by atoms with Crippen molar-refractivity contribution in [2.24, 2.45) is 0 Å². The summed E-state index contributed by atoms with van der Waals surface area (Å²) in [6.07, 6.45) is -2.37. The van der Waals surface area contributed by atoms with E-state index in [4.69, 9.17) is 19.3 Å². The lowest BCUT2D eigenvalue weighted by Gasteiger charge is -2.39. The molecule has 25 heavy (non-hydrogen) atoms. The zero-order chi connectivity index (χ0) is 18.2. The van der Waals surface area contributed by atoms with E-state index in [1.54, 1.807) is 7.11 Å². The summed E-state index contributed by atoms with van der Waals surface area (Å²) >= 11 is 0. The number of unbranched alkanes of at least 4 members (excludes halogenated alkanes) is 2. The second-order valence-corrected chi connectivity index (χ2v) is 6.23. The molecule has 1 saturated heterocycles. The largest absolute Gasteiger partial charge is 0.497 e. The van der Waals surface area contributed by atoms with Crippen LogP contribution in [0.2, 0.25) is 0 Å². The van der Waals surface area contributed by atoms with Crippen molar-refractivity contribution < 1.29 is 34.6 Å². The standard InChI is InChI=1S/C18H28O7/c1-23-13-8-6-12(7-9-13)5-3-2-4-10-24-18-17(22)16(21)15(20)14(11-19)25-18/h6-9,14-22H,2-5,10-11H2,1H3/t14-,15-,16+,17-,18-/m1/s1. The summed E-state index contributed by atoms with van der Waals surface area (Å²) in [4.78, 5) is 0. The summed E-state index contributed by atoms with van der Waals surface area (Å²) in [6.45, 7) is -0.0853. The molecule has 0 saturated carbocycles. The second kappa shape index (κ2) is 10.1. The normalized spacial score (nSPS) is 29.6. The lowest BCUT2D eigenvalue weighted by molar-refractivity contribution is -0.301. The minimum atomic E-state index is -1.40. The third-order valence-corrected chi connectivity index (χ3v) is 4.40. The fourth-order valence-corrected chi connectivity index (χ4v) is 2.80. The highest BCUT2D eigenvalue weighted by molar-refractivity contribution is 5.27. The molecule has 2 rings (SSSR count). The van der Waals surface area contributed by atoms with E-state index in [0.717, 1.165) is 31.4 Å². The van der Waals surface area contributed by atoms with Crippen LogP contribution in [0.4, 0.5) is 0 Å². The maximum atomic E-state index is 9.86. The van der Waals surface area contributed by atoms with Gasteiger partial charge in [0.2, 0.25) is 0 Å². The number of aryl methyl sites for hydroxylation is 1. The van der Waals surface area contributed by atoms with E-state index in [9.17, 15) is 15.3 Å². The van der Waals surface area contributed by atoms with Crippen molar-refractivity contribution in [3.8, 4) is 5.75 Å². The lowest BCUT2D eigenvalue weighted by Crippen LogP contribution is -2.59. The van der Waals surface area contributed by atoms with Crippen molar-refractivity contribution in [3.05, 3.63) is 29.8 Å². The molecular formula is C18H28O7. The number of aliphatic hydroxyl groups is 4. The first-order valence-corrected chi connectivity index (χ1v) is 8.62. The van der Waals surface area contributed by atoms with Gasteiger partial charge in [-0.25, -0.2) is 0 Å². The maximum absolute atomic E-state index is 9.86. The van der Waals surface area contributed by atoms with Gasteiger partial charge >= 0.3 is 0 Å². The number of rotatable bonds is 9. The first-order chi connectivity index (χ1) is 12.1. The van der Waals surface area contributed by atoms with Gasteiger partial charge in [0.1, 0.15) is 30.2 Å². The van der Waals surface area contributed by atoms with E-state index in [2.05, 4.69) is 0 Å². The van der Waals surface area contributed by atoms with Crippen LogP contribution in [-0.2, 0) is 15.9 Å². The van der Waals surface area contributed by atoms with Gasteiger partial charge in [0.15, 0.2) is 6.29 Å². The molecule has 4 N–H and O–H groups in total. The Morgan fingerprint density at radius 1 is 0.960 bits per heavy atom. The molecule has 142 valence electrons. The smallest absolute Gasteiger partial charge is 0.186 e. The minimum absolute atomic E-state index is 0.366. The monoisotopic (exact) mass is 356 g/mol. The Balaban J connectivity index is 1.63. The Kier molecular flexibility index (Phi) is 8.08. The van der Waals surface area contributed by atoms with Crippen LogP contribution in [0.1, 0.15) is 24.8 Å². The summed E-state index contributed by atoms with van der Waals surface area (Å²) in [6, 6.07) is 7.97. The molecule has 7 nitrogen and oxygen atoms in total. The molecule has 1 fully saturated rings. The van der Waals surface area contributed by atoms with Gasteiger partial charge in [-0.3, -0.25) is 0 Å². The second-order valence-electron chi connectivity index (χ2n) is 6.23. The van der Waals surface area contributed by atoms with Gasteiger partial charge in [0.25, 0.3) is 0 Å². The Labute approximate surface area is 147 Å². The molecule has 0 unspecified atom stereocenters. The number of hydrogen-bond donors (Lipinski definition) is 4. The molecule has 5 atom stereocenters. The molecule has 1 aromatic rings. The fraction of sp³-hybridized carbons (Fsp3) is 0.667. The first kappa shape index (κ1) is 20.1. The van der Waals surface area contributed by atoms with E-state index in [-0.39, 0.29) is 0 Å². The highest BCUT2D eigenvalue weighted by Gasteiger charge is 2.43. The van der Waals surface area contributed by atoms with Gasteiger partial charge in [0, 0.05) is 6.61 Å². The van der Waals surface area contributed by atoms with Crippen molar-refractivity contribution in [3.63, 3.8) is 0 Å². The molecule has 0 radical (unpaired) electrons. The molecule has 0 bridgehead atoms. The minimum Gasteiger partial charge on any atom is -0.497 e. The Morgan fingerprint density at radius 3 is 2.32 bits per heavy atom.